The van der Waals surface area contributed by atoms with E-state index in [2.05, 4.69) is 20.4 Å². The Hall–Kier alpha value is -2.87. The lowest BCUT2D eigenvalue weighted by Crippen LogP contribution is -2.22. The van der Waals surface area contributed by atoms with Gasteiger partial charge in [-0.3, -0.25) is 4.79 Å². The van der Waals surface area contributed by atoms with Gasteiger partial charge in [0.05, 0.1) is 18.0 Å². The van der Waals surface area contributed by atoms with Crippen molar-refractivity contribution in [2.75, 3.05) is 29.1 Å². The van der Waals surface area contributed by atoms with Crippen LogP contribution in [-0.4, -0.2) is 39.5 Å². The molecule has 8 heteroatoms. The van der Waals surface area contributed by atoms with Gasteiger partial charge < -0.3 is 14.8 Å². The molecule has 3 aromatic rings. The molecule has 0 bridgehead atoms. The standard InChI is InChI=1S/C22H24FN5OS/c1-16-25-26-22(28(16)14-17-8-3-2-4-9-17)30-15-20(29)24-21-18(23)10-7-11-19(21)27-12-5-6-13-27/h2-4,7-11H,5-6,12-15H2,1H3,(H,24,29). The zero-order valence-electron chi connectivity index (χ0n) is 16.8. The molecule has 0 aliphatic carbocycles. The first kappa shape index (κ1) is 20.4. The van der Waals surface area contributed by atoms with Gasteiger partial charge >= 0.3 is 0 Å². The highest BCUT2D eigenvalue weighted by Gasteiger charge is 2.20. The molecule has 0 saturated carbocycles. The average molecular weight is 426 g/mol. The van der Waals surface area contributed by atoms with Crippen LogP contribution in [0.5, 0.6) is 0 Å². The molecule has 1 fully saturated rings. The van der Waals surface area contributed by atoms with E-state index in [-0.39, 0.29) is 17.3 Å². The number of carbonyl (C=O) groups is 1. The number of rotatable bonds is 7. The summed E-state index contributed by atoms with van der Waals surface area (Å²) in [5.41, 5.74) is 2.13. The van der Waals surface area contributed by atoms with Gasteiger partial charge in [-0.15, -0.1) is 10.2 Å². The summed E-state index contributed by atoms with van der Waals surface area (Å²) < 4.78 is 16.4. The fourth-order valence-corrected chi connectivity index (χ4v) is 4.36. The van der Waals surface area contributed by atoms with Crippen molar-refractivity contribution >= 4 is 29.0 Å². The largest absolute Gasteiger partial charge is 0.370 e. The summed E-state index contributed by atoms with van der Waals surface area (Å²) in [4.78, 5) is 14.7. The molecule has 2 heterocycles. The van der Waals surface area contributed by atoms with Crippen LogP contribution in [0.25, 0.3) is 0 Å². The summed E-state index contributed by atoms with van der Waals surface area (Å²) in [5.74, 6) is 0.228. The summed E-state index contributed by atoms with van der Waals surface area (Å²) in [7, 11) is 0. The van der Waals surface area contributed by atoms with Gasteiger partial charge in [0.15, 0.2) is 5.16 Å². The first-order valence-corrected chi connectivity index (χ1v) is 11.0. The number of nitrogens with one attached hydrogen (secondary N) is 1. The highest BCUT2D eigenvalue weighted by molar-refractivity contribution is 7.99. The minimum Gasteiger partial charge on any atom is -0.370 e. The van der Waals surface area contributed by atoms with E-state index in [1.807, 2.05) is 47.9 Å². The minimum atomic E-state index is -0.416. The van der Waals surface area contributed by atoms with Crippen molar-refractivity contribution in [3.05, 3.63) is 65.7 Å². The highest BCUT2D eigenvalue weighted by atomic mass is 32.2. The zero-order chi connectivity index (χ0) is 20.9. The summed E-state index contributed by atoms with van der Waals surface area (Å²) in [6.45, 7) is 4.28. The van der Waals surface area contributed by atoms with E-state index in [9.17, 15) is 9.18 Å². The molecule has 0 spiro atoms. The molecule has 0 radical (unpaired) electrons. The molecule has 1 saturated heterocycles. The van der Waals surface area contributed by atoms with Crippen LogP contribution in [0.1, 0.15) is 24.2 Å². The fourth-order valence-electron chi connectivity index (χ4n) is 3.58. The molecule has 156 valence electrons. The van der Waals surface area contributed by atoms with Crippen LogP contribution in [0.3, 0.4) is 0 Å². The number of carbonyl (C=O) groups excluding carboxylic acids is 1. The second-order valence-corrected chi connectivity index (χ2v) is 8.21. The van der Waals surface area contributed by atoms with E-state index in [0.717, 1.165) is 43.0 Å². The van der Waals surface area contributed by atoms with Gasteiger partial charge in [0.1, 0.15) is 17.3 Å². The topological polar surface area (TPSA) is 63.1 Å². The Labute approximate surface area is 179 Å². The molecule has 0 atom stereocenters. The van der Waals surface area contributed by atoms with Crippen molar-refractivity contribution in [3.8, 4) is 0 Å². The molecule has 1 aromatic heterocycles. The van der Waals surface area contributed by atoms with Crippen LogP contribution in [0.15, 0.2) is 53.7 Å². The van der Waals surface area contributed by atoms with Gasteiger partial charge in [0, 0.05) is 13.1 Å². The van der Waals surface area contributed by atoms with Gasteiger partial charge in [0.2, 0.25) is 5.91 Å². The SMILES string of the molecule is Cc1nnc(SCC(=O)Nc2c(F)cccc2N2CCCC2)n1Cc1ccccc1. The molecule has 30 heavy (non-hydrogen) atoms. The number of benzene rings is 2. The third kappa shape index (κ3) is 4.64. The molecule has 4 rings (SSSR count). The third-order valence-corrected chi connectivity index (χ3v) is 6.09. The van der Waals surface area contributed by atoms with Crippen LogP contribution in [0, 0.1) is 12.7 Å². The van der Waals surface area contributed by atoms with E-state index in [1.165, 1.54) is 17.8 Å². The summed E-state index contributed by atoms with van der Waals surface area (Å²) in [5, 5.41) is 11.8. The first-order valence-electron chi connectivity index (χ1n) is 10.0. The number of amides is 1. The van der Waals surface area contributed by atoms with Crippen molar-refractivity contribution < 1.29 is 9.18 Å². The van der Waals surface area contributed by atoms with E-state index in [0.29, 0.717) is 11.7 Å². The molecule has 1 amide bonds. The molecular formula is C22H24FN5OS. The van der Waals surface area contributed by atoms with E-state index < -0.39 is 5.82 Å². The Balaban J connectivity index is 1.43. The molecule has 6 nitrogen and oxygen atoms in total. The van der Waals surface area contributed by atoms with Gasteiger partial charge in [-0.1, -0.05) is 48.2 Å². The Morgan fingerprint density at radius 2 is 1.87 bits per heavy atom. The smallest absolute Gasteiger partial charge is 0.234 e. The van der Waals surface area contributed by atoms with Gasteiger partial charge in [-0.25, -0.2) is 4.39 Å². The third-order valence-electron chi connectivity index (χ3n) is 5.12. The maximum atomic E-state index is 14.5. The van der Waals surface area contributed by atoms with E-state index in [1.54, 1.807) is 6.07 Å². The fraction of sp³-hybridized carbons (Fsp3) is 0.318. The molecule has 0 unspecified atom stereocenters. The molecule has 1 N–H and O–H groups in total. The molecule has 1 aliphatic heterocycles. The maximum Gasteiger partial charge on any atom is 0.234 e. The second kappa shape index (κ2) is 9.30. The van der Waals surface area contributed by atoms with Crippen LogP contribution in [-0.2, 0) is 11.3 Å². The number of hydrogen-bond donors (Lipinski definition) is 1. The number of nitrogens with zero attached hydrogens (tertiary/aromatic N) is 4. The van der Waals surface area contributed by atoms with Crippen LogP contribution >= 0.6 is 11.8 Å². The molecule has 1 aliphatic rings. The van der Waals surface area contributed by atoms with Crippen LogP contribution < -0.4 is 10.2 Å². The summed E-state index contributed by atoms with van der Waals surface area (Å²) >= 11 is 1.30. The highest BCUT2D eigenvalue weighted by Crippen LogP contribution is 2.31. The van der Waals surface area contributed by atoms with Crippen LogP contribution in [0.2, 0.25) is 0 Å². The number of hydrogen-bond acceptors (Lipinski definition) is 5. The maximum absolute atomic E-state index is 14.5. The van der Waals surface area contributed by atoms with E-state index in [4.69, 9.17) is 0 Å². The Morgan fingerprint density at radius 1 is 1.10 bits per heavy atom. The van der Waals surface area contributed by atoms with Gasteiger partial charge in [-0.05, 0) is 37.5 Å². The van der Waals surface area contributed by atoms with Crippen molar-refractivity contribution in [1.82, 2.24) is 14.8 Å². The monoisotopic (exact) mass is 425 g/mol. The number of halogens is 1. The zero-order valence-corrected chi connectivity index (χ0v) is 17.7. The number of aromatic nitrogens is 3. The van der Waals surface area contributed by atoms with Crippen molar-refractivity contribution in [2.24, 2.45) is 0 Å². The van der Waals surface area contributed by atoms with E-state index >= 15 is 0 Å². The molecular weight excluding hydrogens is 401 g/mol. The number of para-hydroxylation sites is 1. The number of aryl methyl sites for hydroxylation is 1. The quantitative estimate of drug-likeness (QED) is 0.578. The lowest BCUT2D eigenvalue weighted by Gasteiger charge is -2.22. The minimum absolute atomic E-state index is 0.126. The van der Waals surface area contributed by atoms with Gasteiger partial charge in [-0.2, -0.15) is 0 Å². The lowest BCUT2D eigenvalue weighted by atomic mass is 10.2. The lowest BCUT2D eigenvalue weighted by molar-refractivity contribution is -0.113. The first-order chi connectivity index (χ1) is 14.6. The normalized spacial score (nSPS) is 13.6. The summed E-state index contributed by atoms with van der Waals surface area (Å²) in [6.07, 6.45) is 2.16. The predicted molar refractivity (Wildman–Crippen MR) is 118 cm³/mol. The van der Waals surface area contributed by atoms with Crippen molar-refractivity contribution in [3.63, 3.8) is 0 Å². The summed E-state index contributed by atoms with van der Waals surface area (Å²) in [6, 6.07) is 14.9. The number of thioether (sulfide) groups is 1. The van der Waals surface area contributed by atoms with Gasteiger partial charge in [0.25, 0.3) is 0 Å². The Kier molecular flexibility index (Phi) is 6.32. The predicted octanol–water partition coefficient (Wildman–Crippen LogP) is 4.10. The Morgan fingerprint density at radius 3 is 2.63 bits per heavy atom. The van der Waals surface area contributed by atoms with Crippen molar-refractivity contribution in [1.29, 1.82) is 0 Å². The molecule has 2 aromatic carbocycles. The van der Waals surface area contributed by atoms with Crippen LogP contribution in [0.4, 0.5) is 15.8 Å². The average Bonchev–Trinajstić information content (AvgIpc) is 3.40. The van der Waals surface area contributed by atoms with Crippen molar-refractivity contribution in [2.45, 2.75) is 31.5 Å². The Bertz CT molecular complexity index is 1020. The second-order valence-electron chi connectivity index (χ2n) is 7.27. The number of anilines is 2.